The Bertz CT molecular complexity index is 579. The second kappa shape index (κ2) is 6.13. The summed E-state index contributed by atoms with van der Waals surface area (Å²) in [5.74, 6) is -0.213. The third kappa shape index (κ3) is 3.67. The zero-order chi connectivity index (χ0) is 16.5. The summed E-state index contributed by atoms with van der Waals surface area (Å²) in [5.41, 5.74) is -0.387. The quantitative estimate of drug-likeness (QED) is 0.887. The molecular weight excluding hydrogens is 309 g/mol. The van der Waals surface area contributed by atoms with E-state index in [0.29, 0.717) is 25.3 Å². The summed E-state index contributed by atoms with van der Waals surface area (Å²) in [6.07, 6.45) is -3.32. The van der Waals surface area contributed by atoms with Gasteiger partial charge in [0.05, 0.1) is 12.2 Å². The van der Waals surface area contributed by atoms with E-state index >= 15 is 0 Å². The van der Waals surface area contributed by atoms with Crippen molar-refractivity contribution in [1.29, 1.82) is 0 Å². The van der Waals surface area contributed by atoms with Gasteiger partial charge in [0, 0.05) is 25.0 Å². The Morgan fingerprint density at radius 3 is 2.78 bits per heavy atom. The van der Waals surface area contributed by atoms with Crippen LogP contribution in [0.3, 0.4) is 0 Å². The van der Waals surface area contributed by atoms with Crippen LogP contribution in [0.5, 0.6) is 0 Å². The summed E-state index contributed by atoms with van der Waals surface area (Å²) in [4.78, 5) is 12.1. The topological polar surface area (TPSA) is 50.4 Å². The molecule has 1 heterocycles. The Balaban J connectivity index is 1.65. The second-order valence-corrected chi connectivity index (χ2v) is 6.14. The van der Waals surface area contributed by atoms with Gasteiger partial charge in [-0.15, -0.1) is 0 Å². The normalized spacial score (nSPS) is 23.3. The van der Waals surface area contributed by atoms with E-state index in [4.69, 9.17) is 4.74 Å². The Morgan fingerprint density at radius 1 is 1.39 bits per heavy atom. The molecule has 1 saturated heterocycles. The minimum Gasteiger partial charge on any atom is -0.366 e. The molecule has 0 spiro atoms. The van der Waals surface area contributed by atoms with Crippen LogP contribution in [0.1, 0.15) is 24.0 Å². The molecule has 23 heavy (non-hydrogen) atoms. The molecule has 1 aliphatic carbocycles. The molecule has 1 amide bonds. The van der Waals surface area contributed by atoms with Gasteiger partial charge in [0.2, 0.25) is 5.91 Å². The van der Waals surface area contributed by atoms with Crippen LogP contribution in [-0.4, -0.2) is 38.3 Å². The molecule has 4 nitrogen and oxygen atoms in total. The number of amides is 1. The van der Waals surface area contributed by atoms with Crippen molar-refractivity contribution >= 4 is 5.91 Å². The number of morpholine rings is 1. The third-order valence-corrected chi connectivity index (χ3v) is 4.48. The summed E-state index contributed by atoms with van der Waals surface area (Å²) in [5, 5.41) is 5.90. The van der Waals surface area contributed by atoms with Crippen LogP contribution in [0.4, 0.5) is 13.2 Å². The highest BCUT2D eigenvalue weighted by Gasteiger charge is 2.45. The highest BCUT2D eigenvalue weighted by molar-refractivity contribution is 5.81. The lowest BCUT2D eigenvalue weighted by Gasteiger charge is -2.24. The molecule has 1 saturated carbocycles. The molecule has 3 rings (SSSR count). The molecule has 1 unspecified atom stereocenters. The van der Waals surface area contributed by atoms with E-state index in [-0.39, 0.29) is 11.3 Å². The van der Waals surface area contributed by atoms with Gasteiger partial charge < -0.3 is 15.4 Å². The van der Waals surface area contributed by atoms with Gasteiger partial charge in [-0.2, -0.15) is 13.2 Å². The number of halogens is 3. The Kier molecular flexibility index (Phi) is 4.33. The maximum Gasteiger partial charge on any atom is 0.416 e. The van der Waals surface area contributed by atoms with Crippen molar-refractivity contribution < 1.29 is 22.7 Å². The number of benzene rings is 1. The van der Waals surface area contributed by atoms with E-state index in [1.807, 2.05) is 0 Å². The summed E-state index contributed by atoms with van der Waals surface area (Å²) in [7, 11) is 0. The summed E-state index contributed by atoms with van der Waals surface area (Å²) < 4.78 is 43.9. The van der Waals surface area contributed by atoms with Crippen molar-refractivity contribution in [2.45, 2.75) is 30.5 Å². The van der Waals surface area contributed by atoms with Crippen LogP contribution < -0.4 is 10.6 Å². The standard InChI is InChI=1S/C16H19F3N2O2/c17-16(18,19)12-3-1-2-11(8-12)15(4-5-15)10-21-14(22)13-9-20-6-7-23-13/h1-3,8,13,20H,4-7,9-10H2,(H,21,22). The number of ether oxygens (including phenoxy) is 1. The average molecular weight is 328 g/mol. The summed E-state index contributed by atoms with van der Waals surface area (Å²) in [6.45, 7) is 2.00. The first-order valence-corrected chi connectivity index (χ1v) is 7.69. The van der Waals surface area contributed by atoms with Crippen molar-refractivity contribution in [2.24, 2.45) is 0 Å². The number of nitrogens with one attached hydrogen (secondary N) is 2. The third-order valence-electron chi connectivity index (χ3n) is 4.48. The fourth-order valence-electron chi connectivity index (χ4n) is 2.85. The van der Waals surface area contributed by atoms with Gasteiger partial charge in [0.25, 0.3) is 0 Å². The van der Waals surface area contributed by atoms with Crippen molar-refractivity contribution in [3.8, 4) is 0 Å². The molecule has 1 aromatic carbocycles. The van der Waals surface area contributed by atoms with Gasteiger partial charge >= 0.3 is 6.18 Å². The molecule has 2 aliphatic rings. The van der Waals surface area contributed by atoms with Crippen LogP contribution >= 0.6 is 0 Å². The number of hydrogen-bond acceptors (Lipinski definition) is 3. The second-order valence-electron chi connectivity index (χ2n) is 6.14. The highest BCUT2D eigenvalue weighted by atomic mass is 19.4. The fraction of sp³-hybridized carbons (Fsp3) is 0.562. The van der Waals surface area contributed by atoms with Crippen molar-refractivity contribution in [3.05, 3.63) is 35.4 Å². The number of alkyl halides is 3. The van der Waals surface area contributed by atoms with Crippen molar-refractivity contribution in [1.82, 2.24) is 10.6 Å². The van der Waals surface area contributed by atoms with Gasteiger partial charge in [0.15, 0.2) is 0 Å². The Hall–Kier alpha value is -1.60. The SMILES string of the molecule is O=C(NCC1(c2cccc(C(F)(F)F)c2)CC1)C1CNCCO1. The maximum absolute atomic E-state index is 12.8. The number of carbonyl (C=O) groups is 1. The molecule has 1 aliphatic heterocycles. The van der Waals surface area contributed by atoms with Gasteiger partial charge in [-0.05, 0) is 24.5 Å². The van der Waals surface area contributed by atoms with Crippen LogP contribution in [0.2, 0.25) is 0 Å². The molecule has 0 radical (unpaired) electrons. The maximum atomic E-state index is 12.8. The van der Waals surface area contributed by atoms with Crippen LogP contribution in [0.25, 0.3) is 0 Å². The monoisotopic (exact) mass is 328 g/mol. The van der Waals surface area contributed by atoms with E-state index < -0.39 is 17.8 Å². The zero-order valence-electron chi connectivity index (χ0n) is 12.6. The molecule has 1 atom stereocenters. The molecule has 2 fully saturated rings. The summed E-state index contributed by atoms with van der Waals surface area (Å²) >= 11 is 0. The highest BCUT2D eigenvalue weighted by Crippen LogP contribution is 2.48. The van der Waals surface area contributed by atoms with E-state index in [9.17, 15) is 18.0 Å². The molecule has 2 N–H and O–H groups in total. The van der Waals surface area contributed by atoms with Gasteiger partial charge in [-0.3, -0.25) is 4.79 Å². The largest absolute Gasteiger partial charge is 0.416 e. The van der Waals surface area contributed by atoms with Crippen LogP contribution in [0.15, 0.2) is 24.3 Å². The average Bonchev–Trinajstić information content (AvgIpc) is 3.34. The molecule has 126 valence electrons. The molecule has 0 aromatic heterocycles. The molecular formula is C16H19F3N2O2. The van der Waals surface area contributed by atoms with Crippen molar-refractivity contribution in [2.75, 3.05) is 26.2 Å². The minimum absolute atomic E-state index is 0.213. The predicted octanol–water partition coefficient (Wildman–Crippen LogP) is 1.84. The van der Waals surface area contributed by atoms with E-state index in [1.165, 1.54) is 12.1 Å². The summed E-state index contributed by atoms with van der Waals surface area (Å²) in [6, 6.07) is 5.39. The van der Waals surface area contributed by atoms with E-state index in [2.05, 4.69) is 10.6 Å². The van der Waals surface area contributed by atoms with E-state index in [0.717, 1.165) is 25.5 Å². The Labute approximate surface area is 132 Å². The first-order chi connectivity index (χ1) is 10.9. The van der Waals surface area contributed by atoms with Crippen LogP contribution in [0, 0.1) is 0 Å². The van der Waals surface area contributed by atoms with Gasteiger partial charge in [-0.1, -0.05) is 18.2 Å². The van der Waals surface area contributed by atoms with Gasteiger partial charge in [0.1, 0.15) is 6.10 Å². The fourth-order valence-corrected chi connectivity index (χ4v) is 2.85. The molecule has 0 bridgehead atoms. The van der Waals surface area contributed by atoms with Crippen molar-refractivity contribution in [3.63, 3.8) is 0 Å². The number of rotatable bonds is 4. The lowest BCUT2D eigenvalue weighted by atomic mass is 9.94. The molecule has 1 aromatic rings. The smallest absolute Gasteiger partial charge is 0.366 e. The number of hydrogen-bond donors (Lipinski definition) is 2. The number of carbonyl (C=O) groups excluding carboxylic acids is 1. The lowest BCUT2D eigenvalue weighted by molar-refractivity contribution is -0.137. The van der Waals surface area contributed by atoms with E-state index in [1.54, 1.807) is 6.07 Å². The van der Waals surface area contributed by atoms with Gasteiger partial charge in [-0.25, -0.2) is 0 Å². The zero-order valence-corrected chi connectivity index (χ0v) is 12.6. The minimum atomic E-state index is -4.35. The predicted molar refractivity (Wildman–Crippen MR) is 78.0 cm³/mol. The molecule has 7 heteroatoms. The Morgan fingerprint density at radius 2 is 2.17 bits per heavy atom. The first-order valence-electron chi connectivity index (χ1n) is 7.69. The lowest BCUT2D eigenvalue weighted by Crippen LogP contribution is -2.49. The first kappa shape index (κ1) is 16.3. The van der Waals surface area contributed by atoms with Crippen LogP contribution in [-0.2, 0) is 21.1 Å².